The van der Waals surface area contributed by atoms with Crippen LogP contribution in [0.15, 0.2) is 212 Å². The lowest BCUT2D eigenvalue weighted by molar-refractivity contribution is 0.0780. The largest absolute Gasteiger partial charge is 0.311 e. The summed E-state index contributed by atoms with van der Waals surface area (Å²) >= 11 is 0. The fraction of sp³-hybridized carbons (Fsp3) is 0.175. The van der Waals surface area contributed by atoms with Crippen molar-refractivity contribution in [1.82, 2.24) is 4.57 Å². The average molecular weight is 837 g/mol. The molecule has 65 heavy (non-hydrogen) atoms. The second-order valence-electron chi connectivity index (χ2n) is 19.7. The molecule has 9 aromatic carbocycles. The van der Waals surface area contributed by atoms with Crippen LogP contribution in [-0.4, -0.2) is 4.57 Å². The standard InChI is InChI=1S/C63H52N2/c1-42-35-51-37-52-40-63(39-42,41-60(51)52)53-27-19-44(20-28-53)45-21-29-54(30-22-45)64(56-33-25-47(26-34-56)50-18-17-43-9-2-3-10-48(43)36-50)55-31-23-46(24-32-55)49-11-8-12-57(38-49)65-61-15-6-4-13-58(61)59-14-5-7-16-62(59)65/h2-34,36,38,42,51-52,60H,35,37,39-41H2,1H3/t42-,51-,52-,60?,63?/m0/s1. The van der Waals surface area contributed by atoms with Crippen LogP contribution in [-0.2, 0) is 5.41 Å². The van der Waals surface area contributed by atoms with Crippen molar-refractivity contribution in [1.29, 1.82) is 0 Å². The summed E-state index contributed by atoms with van der Waals surface area (Å²) in [5.74, 6) is 3.77. The summed E-state index contributed by atoms with van der Waals surface area (Å²) in [4.78, 5) is 2.39. The number of para-hydroxylation sites is 2. The molecule has 1 aromatic heterocycles. The predicted molar refractivity (Wildman–Crippen MR) is 274 cm³/mol. The van der Waals surface area contributed by atoms with Gasteiger partial charge >= 0.3 is 0 Å². The Morgan fingerprint density at radius 1 is 0.415 bits per heavy atom. The van der Waals surface area contributed by atoms with Crippen molar-refractivity contribution in [3.05, 3.63) is 218 Å². The van der Waals surface area contributed by atoms with Crippen LogP contribution in [0.5, 0.6) is 0 Å². The summed E-state index contributed by atoms with van der Waals surface area (Å²) in [6.07, 6.45) is 7.11. The van der Waals surface area contributed by atoms with Crippen LogP contribution in [0.3, 0.4) is 0 Å². The zero-order valence-corrected chi connectivity index (χ0v) is 36.9. The van der Waals surface area contributed by atoms with Crippen molar-refractivity contribution in [3.8, 4) is 39.1 Å². The second-order valence-corrected chi connectivity index (χ2v) is 19.7. The van der Waals surface area contributed by atoms with Crippen molar-refractivity contribution in [2.75, 3.05) is 4.90 Å². The summed E-state index contributed by atoms with van der Waals surface area (Å²) in [5.41, 5.74) is 16.3. The molecule has 5 atom stereocenters. The summed E-state index contributed by atoms with van der Waals surface area (Å²) in [7, 11) is 0. The van der Waals surface area contributed by atoms with Crippen LogP contribution in [0.25, 0.3) is 71.6 Å². The van der Waals surface area contributed by atoms with Crippen molar-refractivity contribution in [3.63, 3.8) is 0 Å². The van der Waals surface area contributed by atoms with Gasteiger partial charge in [-0.05, 0) is 178 Å². The van der Waals surface area contributed by atoms with Crippen molar-refractivity contribution < 1.29 is 0 Å². The molecule has 0 radical (unpaired) electrons. The van der Waals surface area contributed by atoms with E-state index >= 15 is 0 Å². The lowest BCUT2D eigenvalue weighted by atomic mass is 9.63. The van der Waals surface area contributed by atoms with Gasteiger partial charge in [-0.3, -0.25) is 0 Å². The van der Waals surface area contributed by atoms with E-state index in [4.69, 9.17) is 0 Å². The van der Waals surface area contributed by atoms with Crippen LogP contribution < -0.4 is 4.90 Å². The topological polar surface area (TPSA) is 8.17 Å². The maximum Gasteiger partial charge on any atom is 0.0541 e. The maximum atomic E-state index is 2.51. The molecule has 2 heteroatoms. The third-order valence-corrected chi connectivity index (χ3v) is 15.8. The highest BCUT2D eigenvalue weighted by Gasteiger charge is 2.57. The Balaban J connectivity index is 0.833. The molecule has 0 N–H and O–H groups in total. The highest BCUT2D eigenvalue weighted by molar-refractivity contribution is 6.09. The van der Waals surface area contributed by atoms with Crippen LogP contribution >= 0.6 is 0 Å². The van der Waals surface area contributed by atoms with Gasteiger partial charge in [0.2, 0.25) is 0 Å². The van der Waals surface area contributed by atoms with Gasteiger partial charge in [0, 0.05) is 33.5 Å². The third kappa shape index (κ3) is 6.53. The molecular formula is C63H52N2. The van der Waals surface area contributed by atoms with Gasteiger partial charge in [0.1, 0.15) is 0 Å². The highest BCUT2D eigenvalue weighted by atomic mass is 15.1. The van der Waals surface area contributed by atoms with Crippen LogP contribution in [0, 0.1) is 23.7 Å². The number of rotatable bonds is 8. The minimum atomic E-state index is 0.386. The number of hydrogen-bond donors (Lipinski definition) is 0. The molecule has 3 aliphatic rings. The van der Waals surface area contributed by atoms with E-state index in [1.54, 1.807) is 5.56 Å². The Kier molecular flexibility index (Phi) is 8.98. The first-order valence-electron chi connectivity index (χ1n) is 23.8. The van der Waals surface area contributed by atoms with E-state index in [2.05, 4.69) is 229 Å². The molecule has 0 amide bonds. The average Bonchev–Trinajstić information content (AvgIpc) is 3.81. The first-order valence-corrected chi connectivity index (χ1v) is 23.8. The van der Waals surface area contributed by atoms with E-state index in [0.29, 0.717) is 5.41 Å². The lowest BCUT2D eigenvalue weighted by Gasteiger charge is -2.42. The fourth-order valence-corrected chi connectivity index (χ4v) is 12.9. The van der Waals surface area contributed by atoms with Crippen molar-refractivity contribution >= 4 is 49.6 Å². The van der Waals surface area contributed by atoms with Crippen LogP contribution in [0.2, 0.25) is 0 Å². The Hall–Kier alpha value is -7.16. The SMILES string of the molecule is C[C@H]1C[C@H]2C[C@H]3CC(c4ccc(-c5ccc(N(c6ccc(-c7cccc(-n8c9ccccc9c9ccccc98)c7)cc6)c6ccc(-c7ccc8ccccc8c7)cc6)cc5)cc4)(CC23)C1. The molecule has 3 aliphatic carbocycles. The van der Waals surface area contributed by atoms with Gasteiger partial charge in [-0.1, -0.05) is 153 Å². The molecule has 0 aliphatic heterocycles. The van der Waals surface area contributed by atoms with Gasteiger partial charge < -0.3 is 9.47 Å². The minimum absolute atomic E-state index is 0.386. The van der Waals surface area contributed by atoms with E-state index in [1.165, 1.54) is 98.1 Å². The number of hydrogen-bond acceptors (Lipinski definition) is 1. The van der Waals surface area contributed by atoms with E-state index < -0.39 is 0 Å². The molecule has 0 saturated heterocycles. The molecule has 10 aromatic rings. The van der Waals surface area contributed by atoms with Crippen LogP contribution in [0.4, 0.5) is 17.1 Å². The number of benzene rings is 9. The first-order chi connectivity index (χ1) is 32.0. The van der Waals surface area contributed by atoms with E-state index in [1.807, 2.05) is 0 Å². The maximum absolute atomic E-state index is 2.51. The van der Waals surface area contributed by atoms with E-state index in [-0.39, 0.29) is 0 Å². The summed E-state index contributed by atoms with van der Waals surface area (Å²) in [6.45, 7) is 2.51. The van der Waals surface area contributed by atoms with Crippen molar-refractivity contribution in [2.24, 2.45) is 23.7 Å². The molecule has 314 valence electrons. The van der Waals surface area contributed by atoms with Gasteiger partial charge in [-0.15, -0.1) is 0 Å². The Morgan fingerprint density at radius 3 is 1.57 bits per heavy atom. The van der Waals surface area contributed by atoms with Gasteiger partial charge in [0.15, 0.2) is 0 Å². The first kappa shape index (κ1) is 38.3. The van der Waals surface area contributed by atoms with Crippen LogP contribution in [0.1, 0.15) is 44.6 Å². The smallest absolute Gasteiger partial charge is 0.0541 e. The summed E-state index contributed by atoms with van der Waals surface area (Å²) in [6, 6.07) is 78.9. The van der Waals surface area contributed by atoms with E-state index in [9.17, 15) is 0 Å². The van der Waals surface area contributed by atoms with Gasteiger partial charge in [0.05, 0.1) is 11.0 Å². The molecule has 2 bridgehead atoms. The molecule has 3 saturated carbocycles. The summed E-state index contributed by atoms with van der Waals surface area (Å²) < 4.78 is 2.40. The quantitative estimate of drug-likeness (QED) is 0.148. The zero-order valence-electron chi connectivity index (χ0n) is 36.9. The monoisotopic (exact) mass is 836 g/mol. The normalized spacial score (nSPS) is 21.1. The van der Waals surface area contributed by atoms with E-state index in [0.717, 1.165) is 46.4 Å². The number of fused-ring (bicyclic) bond motifs is 5. The third-order valence-electron chi connectivity index (χ3n) is 15.8. The molecular weight excluding hydrogens is 785 g/mol. The minimum Gasteiger partial charge on any atom is -0.311 e. The van der Waals surface area contributed by atoms with Gasteiger partial charge in [0.25, 0.3) is 0 Å². The van der Waals surface area contributed by atoms with Gasteiger partial charge in [-0.2, -0.15) is 0 Å². The Bertz CT molecular complexity index is 3320. The fourth-order valence-electron chi connectivity index (χ4n) is 12.9. The molecule has 2 nitrogen and oxygen atoms in total. The van der Waals surface area contributed by atoms with Gasteiger partial charge in [-0.25, -0.2) is 0 Å². The predicted octanol–water partition coefficient (Wildman–Crippen LogP) is 17.1. The van der Waals surface area contributed by atoms with Crippen molar-refractivity contribution in [2.45, 2.75) is 44.4 Å². The molecule has 2 unspecified atom stereocenters. The molecule has 1 heterocycles. The summed E-state index contributed by atoms with van der Waals surface area (Å²) in [5, 5.41) is 5.07. The molecule has 13 rings (SSSR count). The Morgan fingerprint density at radius 2 is 0.938 bits per heavy atom. The highest BCUT2D eigenvalue weighted by Crippen LogP contribution is 2.65. The number of aromatic nitrogens is 1. The Labute approximate surface area is 382 Å². The second kappa shape index (κ2) is 15.2. The number of nitrogens with zero attached hydrogens (tertiary/aromatic N) is 2. The molecule has 3 fully saturated rings. The number of anilines is 3. The lowest BCUT2D eigenvalue weighted by Crippen LogP contribution is -2.34. The molecule has 0 spiro atoms. The zero-order chi connectivity index (χ0) is 43.1.